The van der Waals surface area contributed by atoms with Crippen LogP contribution in [0, 0.1) is 6.92 Å². The molecular formula is C12H16N4S. The molecule has 0 aliphatic rings. The second-order valence-corrected chi connectivity index (χ2v) is 4.75. The van der Waals surface area contributed by atoms with Gasteiger partial charge in [-0.1, -0.05) is 6.92 Å². The average Bonchev–Trinajstić information content (AvgIpc) is 2.73. The van der Waals surface area contributed by atoms with Gasteiger partial charge in [-0.25, -0.2) is 15.0 Å². The van der Waals surface area contributed by atoms with Gasteiger partial charge >= 0.3 is 0 Å². The van der Waals surface area contributed by atoms with Gasteiger partial charge in [0.1, 0.15) is 10.8 Å². The van der Waals surface area contributed by atoms with Crippen LogP contribution in [0.2, 0.25) is 0 Å². The quantitative estimate of drug-likeness (QED) is 0.878. The van der Waals surface area contributed by atoms with E-state index >= 15 is 0 Å². The lowest BCUT2D eigenvalue weighted by Gasteiger charge is -2.02. The summed E-state index contributed by atoms with van der Waals surface area (Å²) < 4.78 is 0. The highest BCUT2D eigenvalue weighted by Gasteiger charge is 2.04. The molecule has 0 aliphatic carbocycles. The summed E-state index contributed by atoms with van der Waals surface area (Å²) in [5, 5.41) is 6.38. The molecule has 0 saturated carbocycles. The van der Waals surface area contributed by atoms with Crippen LogP contribution < -0.4 is 5.32 Å². The van der Waals surface area contributed by atoms with Crippen LogP contribution in [0.25, 0.3) is 0 Å². The van der Waals surface area contributed by atoms with Crippen molar-refractivity contribution in [3.63, 3.8) is 0 Å². The third-order valence-electron chi connectivity index (χ3n) is 2.30. The molecule has 2 aromatic rings. The number of nitrogens with zero attached hydrogens (tertiary/aromatic N) is 3. The average molecular weight is 248 g/mol. The number of hydrogen-bond donors (Lipinski definition) is 1. The third-order valence-corrected chi connectivity index (χ3v) is 3.26. The minimum Gasteiger partial charge on any atom is -0.311 e. The topological polar surface area (TPSA) is 50.7 Å². The maximum atomic E-state index is 4.51. The Balaban J connectivity index is 2.05. The summed E-state index contributed by atoms with van der Waals surface area (Å²) in [6, 6.07) is 1.94. The first-order valence-electron chi connectivity index (χ1n) is 5.70. The van der Waals surface area contributed by atoms with Crippen molar-refractivity contribution in [2.45, 2.75) is 26.8 Å². The number of aryl methyl sites for hydroxylation is 1. The molecule has 0 atom stereocenters. The van der Waals surface area contributed by atoms with Gasteiger partial charge in [0.2, 0.25) is 0 Å². The van der Waals surface area contributed by atoms with E-state index in [2.05, 4.69) is 32.6 Å². The lowest BCUT2D eigenvalue weighted by molar-refractivity contribution is 0.702. The lowest BCUT2D eigenvalue weighted by Crippen LogP contribution is -2.13. The van der Waals surface area contributed by atoms with Crippen LogP contribution in [0.5, 0.6) is 0 Å². The maximum absolute atomic E-state index is 4.51. The molecule has 90 valence electrons. The van der Waals surface area contributed by atoms with Crippen molar-refractivity contribution in [2.75, 3.05) is 6.54 Å². The van der Waals surface area contributed by atoms with Crippen molar-refractivity contribution >= 4 is 11.3 Å². The molecule has 0 unspecified atom stereocenters. The largest absolute Gasteiger partial charge is 0.311 e. The van der Waals surface area contributed by atoms with E-state index in [0.29, 0.717) is 0 Å². The van der Waals surface area contributed by atoms with Gasteiger partial charge in [-0.05, 0) is 19.5 Å². The molecule has 2 rings (SSSR count). The predicted octanol–water partition coefficient (Wildman–Crippen LogP) is 1.94. The van der Waals surface area contributed by atoms with Crippen LogP contribution in [-0.2, 0) is 13.0 Å². The van der Waals surface area contributed by atoms with E-state index in [9.17, 15) is 0 Å². The Kier molecular flexibility index (Phi) is 4.17. The second-order valence-electron chi connectivity index (χ2n) is 3.80. The van der Waals surface area contributed by atoms with Gasteiger partial charge < -0.3 is 5.32 Å². The molecule has 0 radical (unpaired) electrons. The predicted molar refractivity (Wildman–Crippen MR) is 69.1 cm³/mol. The summed E-state index contributed by atoms with van der Waals surface area (Å²) in [4.78, 5) is 13.2. The zero-order valence-electron chi connectivity index (χ0n) is 10.1. The molecule has 2 heterocycles. The highest BCUT2D eigenvalue weighted by Crippen LogP contribution is 2.12. The molecule has 0 spiro atoms. The SMILES string of the molecule is CCNCc1ccnc(Cc2nc(C)cs2)n1. The summed E-state index contributed by atoms with van der Waals surface area (Å²) in [6.07, 6.45) is 2.54. The second kappa shape index (κ2) is 5.84. The monoisotopic (exact) mass is 248 g/mol. The van der Waals surface area contributed by atoms with Crippen LogP contribution in [0.15, 0.2) is 17.6 Å². The summed E-state index contributed by atoms with van der Waals surface area (Å²) >= 11 is 1.66. The molecule has 0 fully saturated rings. The van der Waals surface area contributed by atoms with Gasteiger partial charge in [-0.15, -0.1) is 11.3 Å². The first-order chi connectivity index (χ1) is 8.28. The fourth-order valence-corrected chi connectivity index (χ4v) is 2.27. The van der Waals surface area contributed by atoms with Crippen molar-refractivity contribution < 1.29 is 0 Å². The maximum Gasteiger partial charge on any atom is 0.135 e. The zero-order valence-corrected chi connectivity index (χ0v) is 10.9. The van der Waals surface area contributed by atoms with Crippen molar-refractivity contribution in [1.29, 1.82) is 0 Å². The molecule has 0 amide bonds. The van der Waals surface area contributed by atoms with E-state index in [1.54, 1.807) is 11.3 Å². The number of hydrogen-bond acceptors (Lipinski definition) is 5. The summed E-state index contributed by atoms with van der Waals surface area (Å²) in [6.45, 7) is 5.83. The lowest BCUT2D eigenvalue weighted by atomic mass is 10.3. The molecule has 4 nitrogen and oxygen atoms in total. The van der Waals surface area contributed by atoms with Gasteiger partial charge in [-0.3, -0.25) is 0 Å². The number of nitrogens with one attached hydrogen (secondary N) is 1. The van der Waals surface area contributed by atoms with Crippen molar-refractivity contribution in [3.05, 3.63) is 39.9 Å². The third kappa shape index (κ3) is 3.57. The molecule has 5 heteroatoms. The van der Waals surface area contributed by atoms with Gasteiger partial charge in [-0.2, -0.15) is 0 Å². The Labute approximate surface area is 105 Å². The number of thiazole rings is 1. The fraction of sp³-hybridized carbons (Fsp3) is 0.417. The van der Waals surface area contributed by atoms with Gasteiger partial charge in [0.15, 0.2) is 0 Å². The molecule has 1 N–H and O–H groups in total. The van der Waals surface area contributed by atoms with Crippen LogP contribution in [0.4, 0.5) is 0 Å². The van der Waals surface area contributed by atoms with Gasteiger partial charge in [0.05, 0.1) is 12.1 Å². The normalized spacial score (nSPS) is 10.7. The molecule has 0 aliphatic heterocycles. The summed E-state index contributed by atoms with van der Waals surface area (Å²) in [7, 11) is 0. The highest BCUT2D eigenvalue weighted by molar-refractivity contribution is 7.09. The van der Waals surface area contributed by atoms with Crippen molar-refractivity contribution in [1.82, 2.24) is 20.3 Å². The number of aromatic nitrogens is 3. The molecule has 0 aromatic carbocycles. The van der Waals surface area contributed by atoms with Gasteiger partial charge in [0, 0.05) is 23.8 Å². The van der Waals surface area contributed by atoms with E-state index < -0.39 is 0 Å². The molecule has 0 saturated heterocycles. The summed E-state index contributed by atoms with van der Waals surface area (Å²) in [5.74, 6) is 0.842. The van der Waals surface area contributed by atoms with E-state index in [0.717, 1.165) is 41.7 Å². The Bertz CT molecular complexity index is 481. The van der Waals surface area contributed by atoms with Crippen LogP contribution in [0.3, 0.4) is 0 Å². The minimum absolute atomic E-state index is 0.721. The number of rotatable bonds is 5. The van der Waals surface area contributed by atoms with E-state index in [1.165, 1.54) is 0 Å². The highest BCUT2D eigenvalue weighted by atomic mass is 32.1. The van der Waals surface area contributed by atoms with E-state index in [4.69, 9.17) is 0 Å². The Morgan fingerprint density at radius 3 is 2.94 bits per heavy atom. The van der Waals surface area contributed by atoms with Crippen molar-refractivity contribution in [2.24, 2.45) is 0 Å². The Morgan fingerprint density at radius 2 is 2.24 bits per heavy atom. The van der Waals surface area contributed by atoms with Crippen LogP contribution >= 0.6 is 11.3 Å². The smallest absolute Gasteiger partial charge is 0.135 e. The fourth-order valence-electron chi connectivity index (χ4n) is 1.50. The molecular weight excluding hydrogens is 232 g/mol. The zero-order chi connectivity index (χ0) is 12.1. The molecule has 2 aromatic heterocycles. The first-order valence-corrected chi connectivity index (χ1v) is 6.58. The van der Waals surface area contributed by atoms with Crippen molar-refractivity contribution in [3.8, 4) is 0 Å². The van der Waals surface area contributed by atoms with E-state index in [1.807, 2.05) is 19.2 Å². The Hall–Kier alpha value is -1.33. The van der Waals surface area contributed by atoms with Crippen LogP contribution in [0.1, 0.15) is 29.1 Å². The molecule has 17 heavy (non-hydrogen) atoms. The minimum atomic E-state index is 0.721. The van der Waals surface area contributed by atoms with Crippen LogP contribution in [-0.4, -0.2) is 21.5 Å². The first kappa shape index (κ1) is 12.1. The molecule has 0 bridgehead atoms. The summed E-state index contributed by atoms with van der Waals surface area (Å²) in [5.41, 5.74) is 2.10. The van der Waals surface area contributed by atoms with E-state index in [-0.39, 0.29) is 0 Å². The van der Waals surface area contributed by atoms with Gasteiger partial charge in [0.25, 0.3) is 0 Å². The Morgan fingerprint density at radius 1 is 1.35 bits per heavy atom. The standard InChI is InChI=1S/C12H16N4S/c1-3-13-7-10-4-5-14-11(16-10)6-12-15-9(2)8-17-12/h4-5,8,13H,3,6-7H2,1-2H3.